The molecule has 3 N–H and O–H groups in total. The van der Waals surface area contributed by atoms with Crippen LogP contribution in [0, 0.1) is 11.3 Å². The Kier molecular flexibility index (Phi) is 4.63. The van der Waals surface area contributed by atoms with Gasteiger partial charge in [0.05, 0.1) is 17.3 Å². The van der Waals surface area contributed by atoms with Crippen LogP contribution in [0.3, 0.4) is 0 Å². The number of nitrogens with zero attached hydrogens (tertiary/aromatic N) is 1. The van der Waals surface area contributed by atoms with Gasteiger partial charge in [0, 0.05) is 11.4 Å². The monoisotopic (exact) mass is 321 g/mol. The number of hydrogen-bond donors (Lipinski definition) is 2. The van der Waals surface area contributed by atoms with Crippen LogP contribution in [-0.4, -0.2) is 8.42 Å². The largest absolute Gasteiger partial charge is 0.398 e. The van der Waals surface area contributed by atoms with Gasteiger partial charge in [-0.2, -0.15) is 5.26 Å². The van der Waals surface area contributed by atoms with Crippen LogP contribution in [0.4, 0.5) is 5.69 Å². The van der Waals surface area contributed by atoms with E-state index in [9.17, 15) is 8.42 Å². The smallest absolute Gasteiger partial charge is 0.242 e. The van der Waals surface area contributed by atoms with E-state index in [0.29, 0.717) is 5.56 Å². The van der Waals surface area contributed by atoms with Crippen molar-refractivity contribution in [1.29, 1.82) is 5.26 Å². The lowest BCUT2D eigenvalue weighted by atomic mass is 10.2. The number of sulfonamides is 1. The average Bonchev–Trinajstić information content (AvgIpc) is 2.92. The average molecular weight is 321 g/mol. The predicted molar refractivity (Wildman–Crippen MR) is 83.3 cm³/mol. The van der Waals surface area contributed by atoms with Gasteiger partial charge >= 0.3 is 0 Å². The number of aryl methyl sites for hydroxylation is 1. The van der Waals surface area contributed by atoms with E-state index in [1.54, 1.807) is 0 Å². The van der Waals surface area contributed by atoms with Crippen LogP contribution in [0.15, 0.2) is 34.5 Å². The maximum Gasteiger partial charge on any atom is 0.242 e. The van der Waals surface area contributed by atoms with Crippen molar-refractivity contribution in [3.8, 4) is 6.07 Å². The summed E-state index contributed by atoms with van der Waals surface area (Å²) in [5.41, 5.74) is 7.26. The summed E-state index contributed by atoms with van der Waals surface area (Å²) in [5.74, 6) is 0. The van der Waals surface area contributed by atoms with Crippen molar-refractivity contribution >= 4 is 27.0 Å². The minimum absolute atomic E-state index is 0.00361. The zero-order valence-corrected chi connectivity index (χ0v) is 13.1. The Balaban J connectivity index is 2.21. The highest BCUT2D eigenvalue weighted by Crippen LogP contribution is 2.21. The van der Waals surface area contributed by atoms with E-state index in [0.717, 1.165) is 16.9 Å². The summed E-state index contributed by atoms with van der Waals surface area (Å²) in [4.78, 5) is 0.990. The fourth-order valence-electron chi connectivity index (χ4n) is 1.94. The van der Waals surface area contributed by atoms with Gasteiger partial charge in [-0.1, -0.05) is 6.92 Å². The fourth-order valence-corrected chi connectivity index (χ4v) is 4.05. The summed E-state index contributed by atoms with van der Waals surface area (Å²) in [5, 5.41) is 10.7. The Morgan fingerprint density at radius 2 is 2.14 bits per heavy atom. The summed E-state index contributed by atoms with van der Waals surface area (Å²) in [6.07, 6.45) is 0.861. The summed E-state index contributed by atoms with van der Waals surface area (Å²) in [6, 6.07) is 8.06. The van der Waals surface area contributed by atoms with Crippen molar-refractivity contribution in [1.82, 2.24) is 4.72 Å². The Hall–Kier alpha value is -1.88. The van der Waals surface area contributed by atoms with E-state index < -0.39 is 10.0 Å². The molecule has 0 aliphatic heterocycles. The van der Waals surface area contributed by atoms with Crippen molar-refractivity contribution < 1.29 is 8.42 Å². The summed E-state index contributed by atoms with van der Waals surface area (Å²) in [6.45, 7) is 2.27. The van der Waals surface area contributed by atoms with Crippen LogP contribution in [-0.2, 0) is 23.0 Å². The van der Waals surface area contributed by atoms with Gasteiger partial charge in [-0.15, -0.1) is 11.3 Å². The molecule has 7 heteroatoms. The first-order chi connectivity index (χ1) is 9.97. The SMILES string of the molecule is CCc1ccsc1CNS(=O)(=O)c1ccc(C#N)cc1N. The Morgan fingerprint density at radius 3 is 2.76 bits per heavy atom. The second kappa shape index (κ2) is 6.26. The summed E-state index contributed by atoms with van der Waals surface area (Å²) < 4.78 is 27.1. The van der Waals surface area contributed by atoms with Gasteiger partial charge in [-0.05, 0) is 41.6 Å². The Bertz CT molecular complexity index is 789. The normalized spacial score (nSPS) is 11.2. The first-order valence-corrected chi connectivity index (χ1v) is 8.68. The molecule has 1 aromatic heterocycles. The summed E-state index contributed by atoms with van der Waals surface area (Å²) in [7, 11) is -3.69. The van der Waals surface area contributed by atoms with Gasteiger partial charge in [0.2, 0.25) is 10.0 Å². The second-order valence-electron chi connectivity index (χ2n) is 4.41. The standard InChI is InChI=1S/C14H15N3O2S2/c1-2-11-5-6-20-13(11)9-17-21(18,19)14-4-3-10(8-15)7-12(14)16/h3-7,17H,2,9,16H2,1H3. The van der Waals surface area contributed by atoms with Gasteiger partial charge < -0.3 is 5.73 Å². The van der Waals surface area contributed by atoms with E-state index in [2.05, 4.69) is 4.72 Å². The zero-order valence-electron chi connectivity index (χ0n) is 11.5. The molecule has 0 amide bonds. The lowest BCUT2D eigenvalue weighted by molar-refractivity contribution is 0.582. The van der Waals surface area contributed by atoms with Gasteiger partial charge in [-0.25, -0.2) is 13.1 Å². The van der Waals surface area contributed by atoms with Gasteiger partial charge in [0.25, 0.3) is 0 Å². The number of benzene rings is 1. The van der Waals surface area contributed by atoms with Crippen LogP contribution < -0.4 is 10.5 Å². The minimum Gasteiger partial charge on any atom is -0.398 e. The number of anilines is 1. The van der Waals surface area contributed by atoms with Crippen LogP contribution in [0.1, 0.15) is 22.9 Å². The van der Waals surface area contributed by atoms with Crippen molar-refractivity contribution in [3.63, 3.8) is 0 Å². The highest BCUT2D eigenvalue weighted by molar-refractivity contribution is 7.89. The molecule has 5 nitrogen and oxygen atoms in total. The predicted octanol–water partition coefficient (Wildman–Crippen LogP) is 2.24. The van der Waals surface area contributed by atoms with E-state index in [4.69, 9.17) is 11.0 Å². The molecule has 1 aromatic carbocycles. The minimum atomic E-state index is -3.69. The molecule has 0 saturated heterocycles. The second-order valence-corrected chi connectivity index (χ2v) is 7.15. The molecule has 0 spiro atoms. The molecule has 21 heavy (non-hydrogen) atoms. The van der Waals surface area contributed by atoms with E-state index >= 15 is 0 Å². The van der Waals surface area contributed by atoms with Gasteiger partial charge in [-0.3, -0.25) is 0 Å². The molecule has 0 bridgehead atoms. The highest BCUT2D eigenvalue weighted by atomic mass is 32.2. The molecule has 2 aromatic rings. The molecule has 0 radical (unpaired) electrons. The molecule has 1 heterocycles. The number of hydrogen-bond acceptors (Lipinski definition) is 5. The Labute approximate surface area is 128 Å². The molecule has 0 aliphatic rings. The molecule has 0 fully saturated rings. The maximum atomic E-state index is 12.3. The van der Waals surface area contributed by atoms with E-state index in [-0.39, 0.29) is 17.1 Å². The Morgan fingerprint density at radius 1 is 1.38 bits per heavy atom. The number of nitrogens with two attached hydrogens (primary N) is 1. The van der Waals surface area contributed by atoms with Crippen molar-refractivity contribution in [3.05, 3.63) is 45.6 Å². The van der Waals surface area contributed by atoms with Crippen molar-refractivity contribution in [2.75, 3.05) is 5.73 Å². The van der Waals surface area contributed by atoms with E-state index in [1.165, 1.54) is 29.5 Å². The molecular weight excluding hydrogens is 306 g/mol. The number of thiophene rings is 1. The lowest BCUT2D eigenvalue weighted by Gasteiger charge is -2.09. The molecule has 0 saturated carbocycles. The van der Waals surface area contributed by atoms with E-state index in [1.807, 2.05) is 24.4 Å². The van der Waals surface area contributed by atoms with Crippen LogP contribution in [0.25, 0.3) is 0 Å². The highest BCUT2D eigenvalue weighted by Gasteiger charge is 2.18. The molecule has 0 unspecified atom stereocenters. The summed E-state index contributed by atoms with van der Waals surface area (Å²) >= 11 is 1.52. The lowest BCUT2D eigenvalue weighted by Crippen LogP contribution is -2.24. The number of nitrogens with one attached hydrogen (secondary N) is 1. The zero-order chi connectivity index (χ0) is 15.5. The third kappa shape index (κ3) is 3.42. The van der Waals surface area contributed by atoms with Crippen molar-refractivity contribution in [2.45, 2.75) is 24.8 Å². The number of nitriles is 1. The fraction of sp³-hybridized carbons (Fsp3) is 0.214. The molecule has 110 valence electrons. The van der Waals surface area contributed by atoms with Crippen LogP contribution >= 0.6 is 11.3 Å². The molecule has 0 aliphatic carbocycles. The van der Waals surface area contributed by atoms with Gasteiger partial charge in [0.15, 0.2) is 0 Å². The topological polar surface area (TPSA) is 96.0 Å². The van der Waals surface area contributed by atoms with Crippen LogP contribution in [0.5, 0.6) is 0 Å². The van der Waals surface area contributed by atoms with Crippen LogP contribution in [0.2, 0.25) is 0 Å². The molecule has 0 atom stereocenters. The molecule has 2 rings (SSSR count). The number of nitrogen functional groups attached to an aromatic ring is 1. The third-order valence-corrected chi connectivity index (χ3v) is 5.51. The first-order valence-electron chi connectivity index (χ1n) is 6.32. The quantitative estimate of drug-likeness (QED) is 0.825. The maximum absolute atomic E-state index is 12.3. The van der Waals surface area contributed by atoms with Crippen molar-refractivity contribution in [2.24, 2.45) is 0 Å². The third-order valence-electron chi connectivity index (χ3n) is 3.07. The first kappa shape index (κ1) is 15.5. The van der Waals surface area contributed by atoms with Gasteiger partial charge in [0.1, 0.15) is 4.90 Å². The number of rotatable bonds is 5. The molecular formula is C14H15N3O2S2.